The van der Waals surface area contributed by atoms with Crippen LogP contribution in [0.1, 0.15) is 42.5 Å². The zero-order valence-corrected chi connectivity index (χ0v) is 13.3. The fourth-order valence-electron chi connectivity index (χ4n) is 3.20. The molecule has 2 amide bonds. The SMILES string of the molecule is O=C(NCC1CCN(C(=O)c2ccccc2F)CC1)C1CCC1. The van der Waals surface area contributed by atoms with Crippen molar-refractivity contribution in [2.75, 3.05) is 19.6 Å². The van der Waals surface area contributed by atoms with E-state index in [4.69, 9.17) is 0 Å². The Labute approximate surface area is 136 Å². The molecular formula is C18H23FN2O2. The fraction of sp³-hybridized carbons (Fsp3) is 0.556. The molecule has 1 aliphatic carbocycles. The number of rotatable bonds is 4. The molecule has 1 heterocycles. The van der Waals surface area contributed by atoms with E-state index in [1.165, 1.54) is 12.1 Å². The van der Waals surface area contributed by atoms with Crippen LogP contribution < -0.4 is 5.32 Å². The third-order valence-corrected chi connectivity index (χ3v) is 5.05. The number of halogens is 1. The van der Waals surface area contributed by atoms with Crippen molar-refractivity contribution in [3.8, 4) is 0 Å². The third-order valence-electron chi connectivity index (χ3n) is 5.05. The number of likely N-dealkylation sites (tertiary alicyclic amines) is 1. The Morgan fingerprint density at radius 3 is 2.43 bits per heavy atom. The quantitative estimate of drug-likeness (QED) is 0.927. The molecule has 1 aromatic carbocycles. The van der Waals surface area contributed by atoms with Crippen LogP contribution in [0.2, 0.25) is 0 Å². The molecule has 1 saturated carbocycles. The molecule has 4 nitrogen and oxygen atoms in total. The summed E-state index contributed by atoms with van der Waals surface area (Å²) in [7, 11) is 0. The summed E-state index contributed by atoms with van der Waals surface area (Å²) in [5.41, 5.74) is 0.143. The summed E-state index contributed by atoms with van der Waals surface area (Å²) >= 11 is 0. The number of nitrogens with one attached hydrogen (secondary N) is 1. The van der Waals surface area contributed by atoms with Crippen molar-refractivity contribution < 1.29 is 14.0 Å². The van der Waals surface area contributed by atoms with Crippen LogP contribution in [-0.2, 0) is 4.79 Å². The van der Waals surface area contributed by atoms with Crippen LogP contribution >= 0.6 is 0 Å². The van der Waals surface area contributed by atoms with Gasteiger partial charge in [0.25, 0.3) is 5.91 Å². The van der Waals surface area contributed by atoms with Gasteiger partial charge in [-0.05, 0) is 43.7 Å². The van der Waals surface area contributed by atoms with E-state index in [1.54, 1.807) is 17.0 Å². The topological polar surface area (TPSA) is 49.4 Å². The van der Waals surface area contributed by atoms with Gasteiger partial charge in [0.15, 0.2) is 0 Å². The number of nitrogens with zero attached hydrogens (tertiary/aromatic N) is 1. The first-order valence-electron chi connectivity index (χ1n) is 8.46. The zero-order chi connectivity index (χ0) is 16.2. The predicted octanol–water partition coefficient (Wildman–Crippen LogP) is 2.59. The minimum Gasteiger partial charge on any atom is -0.356 e. The van der Waals surface area contributed by atoms with Crippen molar-refractivity contribution in [2.45, 2.75) is 32.1 Å². The van der Waals surface area contributed by atoms with Crippen LogP contribution in [0.25, 0.3) is 0 Å². The molecular weight excluding hydrogens is 295 g/mol. The summed E-state index contributed by atoms with van der Waals surface area (Å²) in [5.74, 6) is 0.106. The van der Waals surface area contributed by atoms with Gasteiger partial charge >= 0.3 is 0 Å². The lowest BCUT2D eigenvalue weighted by Gasteiger charge is -2.33. The van der Waals surface area contributed by atoms with Gasteiger partial charge in [0.05, 0.1) is 5.56 Å². The molecule has 3 rings (SSSR count). The Hall–Kier alpha value is -1.91. The lowest BCUT2D eigenvalue weighted by molar-refractivity contribution is -0.127. The largest absolute Gasteiger partial charge is 0.356 e. The Bertz CT molecular complexity index is 578. The second kappa shape index (κ2) is 7.11. The van der Waals surface area contributed by atoms with Crippen LogP contribution in [0.4, 0.5) is 4.39 Å². The molecule has 1 saturated heterocycles. The summed E-state index contributed by atoms with van der Waals surface area (Å²) in [6, 6.07) is 6.11. The Morgan fingerprint density at radius 1 is 1.13 bits per heavy atom. The second-order valence-corrected chi connectivity index (χ2v) is 6.59. The van der Waals surface area contributed by atoms with Gasteiger partial charge in [-0.1, -0.05) is 18.6 Å². The number of benzene rings is 1. The van der Waals surface area contributed by atoms with E-state index in [-0.39, 0.29) is 23.3 Å². The lowest BCUT2D eigenvalue weighted by Crippen LogP contribution is -2.43. The number of piperidine rings is 1. The monoisotopic (exact) mass is 318 g/mol. The fourth-order valence-corrected chi connectivity index (χ4v) is 3.20. The van der Waals surface area contributed by atoms with Crippen molar-refractivity contribution in [3.05, 3.63) is 35.6 Å². The van der Waals surface area contributed by atoms with Gasteiger partial charge in [-0.25, -0.2) is 4.39 Å². The van der Waals surface area contributed by atoms with Crippen molar-refractivity contribution in [2.24, 2.45) is 11.8 Å². The molecule has 0 spiro atoms. The van der Waals surface area contributed by atoms with Crippen LogP contribution in [-0.4, -0.2) is 36.3 Å². The highest BCUT2D eigenvalue weighted by Crippen LogP contribution is 2.26. The minimum atomic E-state index is -0.465. The van der Waals surface area contributed by atoms with Gasteiger partial charge in [0, 0.05) is 25.6 Å². The Balaban J connectivity index is 1.45. The van der Waals surface area contributed by atoms with Crippen LogP contribution in [0.15, 0.2) is 24.3 Å². The molecule has 23 heavy (non-hydrogen) atoms. The number of amides is 2. The second-order valence-electron chi connectivity index (χ2n) is 6.59. The molecule has 0 aromatic heterocycles. The van der Waals surface area contributed by atoms with Crippen molar-refractivity contribution >= 4 is 11.8 Å². The maximum atomic E-state index is 13.7. The van der Waals surface area contributed by atoms with Crippen molar-refractivity contribution in [3.63, 3.8) is 0 Å². The van der Waals surface area contributed by atoms with Crippen LogP contribution in [0, 0.1) is 17.7 Å². The van der Waals surface area contributed by atoms with Gasteiger partial charge in [-0.2, -0.15) is 0 Å². The average molecular weight is 318 g/mol. The number of carbonyl (C=O) groups excluding carboxylic acids is 2. The van der Waals surface area contributed by atoms with Crippen molar-refractivity contribution in [1.29, 1.82) is 0 Å². The van der Waals surface area contributed by atoms with Gasteiger partial charge in [0.2, 0.25) is 5.91 Å². The van der Waals surface area contributed by atoms with E-state index in [0.29, 0.717) is 25.6 Å². The summed E-state index contributed by atoms with van der Waals surface area (Å²) in [6.07, 6.45) is 4.90. The summed E-state index contributed by atoms with van der Waals surface area (Å²) < 4.78 is 13.7. The standard InChI is InChI=1S/C18H23FN2O2/c19-16-7-2-1-6-15(16)18(23)21-10-8-13(9-11-21)12-20-17(22)14-4-3-5-14/h1-2,6-7,13-14H,3-5,8-12H2,(H,20,22). The van der Waals surface area contributed by atoms with E-state index in [2.05, 4.69) is 5.32 Å². The van der Waals surface area contributed by atoms with Gasteiger partial charge in [-0.3, -0.25) is 9.59 Å². The average Bonchev–Trinajstić information content (AvgIpc) is 2.52. The summed E-state index contributed by atoms with van der Waals surface area (Å²) in [5, 5.41) is 3.04. The number of hydrogen-bond donors (Lipinski definition) is 1. The minimum absolute atomic E-state index is 0.143. The van der Waals surface area contributed by atoms with E-state index in [1.807, 2.05) is 0 Å². The molecule has 0 unspecified atom stereocenters. The van der Waals surface area contributed by atoms with E-state index < -0.39 is 5.82 Å². The molecule has 5 heteroatoms. The smallest absolute Gasteiger partial charge is 0.256 e. The van der Waals surface area contributed by atoms with Crippen LogP contribution in [0.3, 0.4) is 0 Å². The molecule has 2 aliphatic rings. The highest BCUT2D eigenvalue weighted by atomic mass is 19.1. The van der Waals surface area contributed by atoms with Crippen LogP contribution in [0.5, 0.6) is 0 Å². The highest BCUT2D eigenvalue weighted by Gasteiger charge is 2.28. The third kappa shape index (κ3) is 3.71. The molecule has 1 aliphatic heterocycles. The molecule has 0 atom stereocenters. The summed E-state index contributed by atoms with van der Waals surface area (Å²) in [4.78, 5) is 25.9. The number of carbonyl (C=O) groups is 2. The maximum absolute atomic E-state index is 13.7. The number of hydrogen-bond acceptors (Lipinski definition) is 2. The van der Waals surface area contributed by atoms with Gasteiger partial charge in [0.1, 0.15) is 5.82 Å². The predicted molar refractivity (Wildman–Crippen MR) is 85.4 cm³/mol. The zero-order valence-electron chi connectivity index (χ0n) is 13.3. The Morgan fingerprint density at radius 2 is 1.83 bits per heavy atom. The lowest BCUT2D eigenvalue weighted by atomic mass is 9.84. The Kier molecular flexibility index (Phi) is 4.94. The van der Waals surface area contributed by atoms with E-state index in [9.17, 15) is 14.0 Å². The summed E-state index contributed by atoms with van der Waals surface area (Å²) in [6.45, 7) is 1.94. The van der Waals surface area contributed by atoms with Gasteiger partial charge < -0.3 is 10.2 Å². The molecule has 1 aromatic rings. The first-order chi connectivity index (χ1) is 11.1. The normalized spacial score (nSPS) is 19.3. The first-order valence-corrected chi connectivity index (χ1v) is 8.46. The van der Waals surface area contributed by atoms with Crippen molar-refractivity contribution in [1.82, 2.24) is 10.2 Å². The molecule has 124 valence electrons. The van der Waals surface area contributed by atoms with E-state index in [0.717, 1.165) is 32.1 Å². The maximum Gasteiger partial charge on any atom is 0.256 e. The molecule has 2 fully saturated rings. The van der Waals surface area contributed by atoms with Gasteiger partial charge in [-0.15, -0.1) is 0 Å². The highest BCUT2D eigenvalue weighted by molar-refractivity contribution is 5.94. The van der Waals surface area contributed by atoms with E-state index >= 15 is 0 Å². The molecule has 0 bridgehead atoms. The molecule has 0 radical (unpaired) electrons. The first kappa shape index (κ1) is 16.0. The molecule has 1 N–H and O–H groups in total.